The lowest BCUT2D eigenvalue weighted by Gasteiger charge is -2.21. The molecular weight excluding hydrogens is 348 g/mol. The molecule has 1 aromatic heterocycles. The molecule has 0 radical (unpaired) electrons. The number of hydrogen-bond donors (Lipinski definition) is 2. The Morgan fingerprint density at radius 3 is 2.32 bits per heavy atom. The lowest BCUT2D eigenvalue weighted by Crippen LogP contribution is -2.21. The van der Waals surface area contributed by atoms with Gasteiger partial charge in [-0.25, -0.2) is 0 Å². The van der Waals surface area contributed by atoms with Crippen molar-refractivity contribution >= 4 is 28.8 Å². The molecule has 0 fully saturated rings. The zero-order chi connectivity index (χ0) is 19.9. The quantitative estimate of drug-likeness (QED) is 0.554. The van der Waals surface area contributed by atoms with E-state index in [4.69, 9.17) is 0 Å². The third-order valence-corrected chi connectivity index (χ3v) is 4.66. The molecule has 0 aliphatic heterocycles. The summed E-state index contributed by atoms with van der Waals surface area (Å²) in [5.41, 5.74) is 4.41. The van der Waals surface area contributed by atoms with Crippen LogP contribution >= 0.6 is 0 Å². The normalized spacial score (nSPS) is 10.8. The van der Waals surface area contributed by atoms with Crippen LogP contribution in [0.5, 0.6) is 0 Å². The van der Waals surface area contributed by atoms with Gasteiger partial charge in [-0.05, 0) is 55.7 Å². The summed E-state index contributed by atoms with van der Waals surface area (Å²) in [7, 11) is 0. The maximum absolute atomic E-state index is 4.55. The number of anilines is 5. The molecule has 0 unspecified atom stereocenters. The summed E-state index contributed by atoms with van der Waals surface area (Å²) in [6, 6.07) is 16.5. The van der Waals surface area contributed by atoms with Crippen LogP contribution < -0.4 is 15.5 Å². The van der Waals surface area contributed by atoms with Crippen LogP contribution in [-0.4, -0.2) is 28.3 Å². The lowest BCUT2D eigenvalue weighted by atomic mass is 10.0. The van der Waals surface area contributed by atoms with Crippen molar-refractivity contribution in [2.75, 3.05) is 28.6 Å². The fraction of sp³-hybridized carbons (Fsp3) is 0.318. The summed E-state index contributed by atoms with van der Waals surface area (Å²) in [6.07, 6.45) is 1.63. The first kappa shape index (κ1) is 19.6. The van der Waals surface area contributed by atoms with Crippen LogP contribution in [0.4, 0.5) is 28.8 Å². The predicted octanol–water partition coefficient (Wildman–Crippen LogP) is 5.33. The van der Waals surface area contributed by atoms with Crippen molar-refractivity contribution in [3.63, 3.8) is 0 Å². The van der Waals surface area contributed by atoms with Crippen LogP contribution in [0, 0.1) is 0 Å². The first-order chi connectivity index (χ1) is 13.6. The fourth-order valence-corrected chi connectivity index (χ4v) is 3.14. The molecule has 0 spiro atoms. The van der Waals surface area contributed by atoms with E-state index in [9.17, 15) is 0 Å². The largest absolute Gasteiger partial charge is 0.372 e. The Morgan fingerprint density at radius 2 is 1.64 bits per heavy atom. The predicted molar refractivity (Wildman–Crippen MR) is 117 cm³/mol. The molecular formula is C22H28N6. The maximum atomic E-state index is 4.55. The molecule has 0 saturated carbocycles. The van der Waals surface area contributed by atoms with E-state index < -0.39 is 0 Å². The van der Waals surface area contributed by atoms with Crippen molar-refractivity contribution < 1.29 is 0 Å². The molecule has 0 aliphatic rings. The van der Waals surface area contributed by atoms with E-state index in [0.29, 0.717) is 17.7 Å². The van der Waals surface area contributed by atoms with Gasteiger partial charge >= 0.3 is 0 Å². The van der Waals surface area contributed by atoms with Gasteiger partial charge in [0.1, 0.15) is 0 Å². The highest BCUT2D eigenvalue weighted by molar-refractivity contribution is 5.63. The van der Waals surface area contributed by atoms with Gasteiger partial charge in [-0.1, -0.05) is 32.0 Å². The lowest BCUT2D eigenvalue weighted by molar-refractivity contribution is 0.866. The van der Waals surface area contributed by atoms with Crippen LogP contribution in [0.25, 0.3) is 0 Å². The highest BCUT2D eigenvalue weighted by atomic mass is 15.3. The highest BCUT2D eigenvalue weighted by Gasteiger charge is 2.08. The Morgan fingerprint density at radius 1 is 0.929 bits per heavy atom. The molecule has 0 amide bonds. The molecule has 0 atom stereocenters. The second-order valence-electron chi connectivity index (χ2n) is 6.88. The Bertz CT molecular complexity index is 888. The fourth-order valence-electron chi connectivity index (χ4n) is 3.14. The smallest absolute Gasteiger partial charge is 0.249 e. The van der Waals surface area contributed by atoms with Gasteiger partial charge in [-0.2, -0.15) is 10.1 Å². The van der Waals surface area contributed by atoms with Crippen LogP contribution in [-0.2, 0) is 0 Å². The van der Waals surface area contributed by atoms with E-state index in [1.165, 1.54) is 11.3 Å². The molecule has 6 heteroatoms. The van der Waals surface area contributed by atoms with Crippen molar-refractivity contribution in [2.24, 2.45) is 0 Å². The highest BCUT2D eigenvalue weighted by Crippen LogP contribution is 2.26. The molecule has 0 aliphatic carbocycles. The van der Waals surface area contributed by atoms with Crippen LogP contribution in [0.1, 0.15) is 39.2 Å². The Kier molecular flexibility index (Phi) is 6.42. The van der Waals surface area contributed by atoms with Gasteiger partial charge in [0, 0.05) is 30.2 Å². The summed E-state index contributed by atoms with van der Waals surface area (Å²) >= 11 is 0. The van der Waals surface area contributed by atoms with Crippen LogP contribution in [0.15, 0.2) is 54.7 Å². The zero-order valence-corrected chi connectivity index (χ0v) is 17.0. The minimum atomic E-state index is 0.417. The van der Waals surface area contributed by atoms with E-state index in [1.54, 1.807) is 6.20 Å². The van der Waals surface area contributed by atoms with Crippen molar-refractivity contribution in [1.82, 2.24) is 15.2 Å². The van der Waals surface area contributed by atoms with Gasteiger partial charge in [0.2, 0.25) is 5.95 Å². The number of benzene rings is 2. The van der Waals surface area contributed by atoms with Crippen molar-refractivity contribution in [3.8, 4) is 0 Å². The van der Waals surface area contributed by atoms with Gasteiger partial charge in [0.15, 0.2) is 5.82 Å². The van der Waals surface area contributed by atoms with Gasteiger partial charge in [0.25, 0.3) is 0 Å². The topological polar surface area (TPSA) is 66.0 Å². The number of rotatable bonds is 8. The van der Waals surface area contributed by atoms with Crippen molar-refractivity contribution in [3.05, 3.63) is 60.3 Å². The van der Waals surface area contributed by atoms with Crippen molar-refractivity contribution in [2.45, 2.75) is 33.6 Å². The zero-order valence-electron chi connectivity index (χ0n) is 17.0. The number of nitrogens with one attached hydrogen (secondary N) is 2. The van der Waals surface area contributed by atoms with E-state index in [1.807, 2.05) is 24.3 Å². The number of aromatic nitrogens is 3. The Balaban J connectivity index is 1.74. The van der Waals surface area contributed by atoms with Gasteiger partial charge in [-0.3, -0.25) is 0 Å². The van der Waals surface area contributed by atoms with E-state index in [-0.39, 0.29) is 0 Å². The maximum Gasteiger partial charge on any atom is 0.249 e. The Labute approximate surface area is 167 Å². The second-order valence-corrected chi connectivity index (χ2v) is 6.88. The minimum Gasteiger partial charge on any atom is -0.372 e. The van der Waals surface area contributed by atoms with Crippen molar-refractivity contribution in [1.29, 1.82) is 0 Å². The van der Waals surface area contributed by atoms with Gasteiger partial charge in [0.05, 0.1) is 6.20 Å². The second kappa shape index (κ2) is 9.17. The third-order valence-electron chi connectivity index (χ3n) is 4.66. The molecule has 2 aromatic carbocycles. The summed E-state index contributed by atoms with van der Waals surface area (Å²) in [6.45, 7) is 10.6. The summed E-state index contributed by atoms with van der Waals surface area (Å²) in [4.78, 5) is 6.85. The van der Waals surface area contributed by atoms with Crippen LogP contribution in [0.2, 0.25) is 0 Å². The summed E-state index contributed by atoms with van der Waals surface area (Å²) < 4.78 is 0. The number of nitrogens with zero attached hydrogens (tertiary/aromatic N) is 4. The molecule has 28 heavy (non-hydrogen) atoms. The first-order valence-electron chi connectivity index (χ1n) is 9.78. The average molecular weight is 377 g/mol. The molecule has 2 N–H and O–H groups in total. The standard InChI is InChI=1S/C22H28N6/c1-5-28(6-2)18-13-11-17(12-14-18)24-22-26-21(15-23-27-22)25-20-10-8-7-9-19(20)16(3)4/h7-16H,5-6H2,1-4H3,(H2,24,25,26,27). The molecule has 0 bridgehead atoms. The molecule has 146 valence electrons. The van der Waals surface area contributed by atoms with E-state index in [2.05, 4.69) is 82.7 Å². The molecule has 1 heterocycles. The third kappa shape index (κ3) is 4.76. The van der Waals surface area contributed by atoms with E-state index >= 15 is 0 Å². The van der Waals surface area contributed by atoms with E-state index in [0.717, 1.165) is 24.5 Å². The van der Waals surface area contributed by atoms with Gasteiger partial charge < -0.3 is 15.5 Å². The van der Waals surface area contributed by atoms with Gasteiger partial charge in [-0.15, -0.1) is 5.10 Å². The Hall–Kier alpha value is -3.15. The monoisotopic (exact) mass is 376 g/mol. The van der Waals surface area contributed by atoms with Crippen LogP contribution in [0.3, 0.4) is 0 Å². The molecule has 6 nitrogen and oxygen atoms in total. The summed E-state index contributed by atoms with van der Waals surface area (Å²) in [5.74, 6) is 1.54. The number of hydrogen-bond acceptors (Lipinski definition) is 6. The SMILES string of the molecule is CCN(CC)c1ccc(Nc2nncc(Nc3ccccc3C(C)C)n2)cc1. The molecule has 0 saturated heterocycles. The minimum absolute atomic E-state index is 0.417. The molecule has 3 aromatic rings. The average Bonchev–Trinajstić information content (AvgIpc) is 2.71. The number of para-hydroxylation sites is 1. The molecule has 3 rings (SSSR count). The first-order valence-corrected chi connectivity index (χ1v) is 9.78. The summed E-state index contributed by atoms with van der Waals surface area (Å²) in [5, 5.41) is 14.8.